The maximum Gasteiger partial charge on any atom is 0.285 e. The van der Waals surface area contributed by atoms with E-state index < -0.39 is 0 Å². The fourth-order valence-corrected chi connectivity index (χ4v) is 3.28. The number of thioether (sulfide) groups is 1. The van der Waals surface area contributed by atoms with Crippen molar-refractivity contribution in [1.82, 2.24) is 4.90 Å². The van der Waals surface area contributed by atoms with Crippen LogP contribution in [0.15, 0.2) is 83.8 Å². The summed E-state index contributed by atoms with van der Waals surface area (Å²) in [6.07, 6.45) is 0. The van der Waals surface area contributed by atoms with Gasteiger partial charge in [0.2, 0.25) is 0 Å². The first-order chi connectivity index (χ1) is 14.0. The quantitative estimate of drug-likeness (QED) is 0.483. The molecule has 6 heteroatoms. The topological polar surface area (TPSA) is 66.5 Å². The molecule has 5 nitrogen and oxygen atoms in total. The first kappa shape index (κ1) is 20.4. The highest BCUT2D eigenvalue weighted by molar-refractivity contribution is 8.13. The summed E-state index contributed by atoms with van der Waals surface area (Å²) >= 11 is 1.11. The number of nitrogens with one attached hydrogen (secondary N) is 1. The number of ketones is 1. The summed E-state index contributed by atoms with van der Waals surface area (Å²) in [7, 11) is 3.39. The minimum absolute atomic E-state index is 0.0739. The third-order valence-corrected chi connectivity index (χ3v) is 5.18. The van der Waals surface area contributed by atoms with E-state index in [4.69, 9.17) is 0 Å². The summed E-state index contributed by atoms with van der Waals surface area (Å²) in [5.74, 6) is -0.569. The zero-order valence-electron chi connectivity index (χ0n) is 16.1. The summed E-state index contributed by atoms with van der Waals surface area (Å²) < 4.78 is 0. The lowest BCUT2D eigenvalue weighted by atomic mass is 9.98. The van der Waals surface area contributed by atoms with E-state index in [-0.39, 0.29) is 16.9 Å². The molecule has 0 radical (unpaired) electrons. The van der Waals surface area contributed by atoms with Crippen molar-refractivity contribution in [3.63, 3.8) is 0 Å². The largest absolute Gasteiger partial charge is 0.339 e. The van der Waals surface area contributed by atoms with Gasteiger partial charge in [0, 0.05) is 35.8 Å². The Morgan fingerprint density at radius 3 is 1.97 bits per heavy atom. The second-order valence-electron chi connectivity index (χ2n) is 6.48. The van der Waals surface area contributed by atoms with Crippen molar-refractivity contribution in [2.45, 2.75) is 4.90 Å². The standard InChI is InChI=1S/C23H20N2O3S/c1-25(2)23(28)29-18-14-12-17(13-15-18)24-22(27)20-11-7-6-10-19(20)21(26)16-8-4-3-5-9-16/h3-15H,1-2H3,(H,24,27). The molecule has 0 heterocycles. The van der Waals surface area contributed by atoms with E-state index in [1.54, 1.807) is 86.9 Å². The average molecular weight is 404 g/mol. The SMILES string of the molecule is CN(C)C(=O)Sc1ccc(NC(=O)c2ccccc2C(=O)c2ccccc2)cc1. The van der Waals surface area contributed by atoms with Crippen LogP contribution < -0.4 is 5.32 Å². The van der Waals surface area contributed by atoms with Crippen LogP contribution in [0.3, 0.4) is 0 Å². The second-order valence-corrected chi connectivity index (χ2v) is 7.51. The summed E-state index contributed by atoms with van der Waals surface area (Å²) in [6, 6.07) is 22.6. The molecule has 0 saturated heterocycles. The lowest BCUT2D eigenvalue weighted by molar-refractivity contribution is 0.0996. The van der Waals surface area contributed by atoms with E-state index >= 15 is 0 Å². The third kappa shape index (κ3) is 5.12. The van der Waals surface area contributed by atoms with Gasteiger partial charge in [-0.25, -0.2) is 0 Å². The Hall–Kier alpha value is -3.38. The van der Waals surface area contributed by atoms with Crippen LogP contribution >= 0.6 is 11.8 Å². The van der Waals surface area contributed by atoms with E-state index in [0.29, 0.717) is 22.4 Å². The molecule has 0 aromatic heterocycles. The zero-order chi connectivity index (χ0) is 20.8. The molecule has 3 rings (SSSR count). The van der Waals surface area contributed by atoms with Gasteiger partial charge in [-0.1, -0.05) is 48.5 Å². The fraction of sp³-hybridized carbons (Fsp3) is 0.0870. The first-order valence-electron chi connectivity index (χ1n) is 8.95. The Morgan fingerprint density at radius 1 is 0.759 bits per heavy atom. The third-order valence-electron chi connectivity index (χ3n) is 4.13. The van der Waals surface area contributed by atoms with E-state index in [1.807, 2.05) is 6.07 Å². The number of hydrogen-bond donors (Lipinski definition) is 1. The molecule has 0 aliphatic heterocycles. The van der Waals surface area contributed by atoms with Crippen LogP contribution in [0.25, 0.3) is 0 Å². The smallest absolute Gasteiger partial charge is 0.285 e. The highest BCUT2D eigenvalue weighted by atomic mass is 32.2. The lowest BCUT2D eigenvalue weighted by Gasteiger charge is -2.11. The number of carbonyl (C=O) groups excluding carboxylic acids is 3. The molecule has 0 fully saturated rings. The van der Waals surface area contributed by atoms with Gasteiger partial charge in [-0.3, -0.25) is 14.4 Å². The molecular formula is C23H20N2O3S. The fourth-order valence-electron chi connectivity index (χ4n) is 2.62. The van der Waals surface area contributed by atoms with Gasteiger partial charge in [0.15, 0.2) is 5.78 Å². The predicted octanol–water partition coefficient (Wildman–Crippen LogP) is 4.94. The Balaban J connectivity index is 1.76. The molecule has 0 saturated carbocycles. The minimum Gasteiger partial charge on any atom is -0.339 e. The first-order valence-corrected chi connectivity index (χ1v) is 9.76. The van der Waals surface area contributed by atoms with Crippen molar-refractivity contribution in [3.8, 4) is 0 Å². The van der Waals surface area contributed by atoms with Crippen molar-refractivity contribution in [1.29, 1.82) is 0 Å². The summed E-state index contributed by atoms with van der Waals surface area (Å²) in [4.78, 5) is 39.6. The number of nitrogens with zero attached hydrogens (tertiary/aromatic N) is 1. The number of hydrogen-bond acceptors (Lipinski definition) is 4. The monoisotopic (exact) mass is 404 g/mol. The van der Waals surface area contributed by atoms with E-state index in [1.165, 1.54) is 4.90 Å². The minimum atomic E-state index is -0.366. The summed E-state index contributed by atoms with van der Waals surface area (Å²) in [5.41, 5.74) is 1.76. The van der Waals surface area contributed by atoms with Crippen LogP contribution in [-0.2, 0) is 0 Å². The van der Waals surface area contributed by atoms with Gasteiger partial charge in [0.1, 0.15) is 0 Å². The van der Waals surface area contributed by atoms with Gasteiger partial charge >= 0.3 is 0 Å². The average Bonchev–Trinajstić information content (AvgIpc) is 2.75. The lowest BCUT2D eigenvalue weighted by Crippen LogP contribution is -2.17. The molecular weight excluding hydrogens is 384 g/mol. The van der Waals surface area contributed by atoms with Crippen LogP contribution in [-0.4, -0.2) is 35.9 Å². The Kier molecular flexibility index (Phi) is 6.46. The number of anilines is 1. The molecule has 0 aliphatic rings. The number of rotatable bonds is 5. The molecule has 0 aliphatic carbocycles. The second kappa shape index (κ2) is 9.21. The molecule has 0 bridgehead atoms. The van der Waals surface area contributed by atoms with E-state index in [9.17, 15) is 14.4 Å². The molecule has 146 valence electrons. The highest BCUT2D eigenvalue weighted by Gasteiger charge is 2.18. The Labute approximate surface area is 173 Å². The Morgan fingerprint density at radius 2 is 1.34 bits per heavy atom. The molecule has 0 atom stereocenters. The highest BCUT2D eigenvalue weighted by Crippen LogP contribution is 2.23. The van der Waals surface area contributed by atoms with Crippen LogP contribution in [0.5, 0.6) is 0 Å². The number of amides is 2. The normalized spacial score (nSPS) is 10.3. The zero-order valence-corrected chi connectivity index (χ0v) is 16.9. The summed E-state index contributed by atoms with van der Waals surface area (Å²) in [6.45, 7) is 0. The summed E-state index contributed by atoms with van der Waals surface area (Å²) in [5, 5.41) is 2.74. The van der Waals surface area contributed by atoms with Gasteiger partial charge in [0.25, 0.3) is 11.1 Å². The maximum atomic E-state index is 12.8. The molecule has 3 aromatic carbocycles. The Bertz CT molecular complexity index is 1030. The van der Waals surface area contributed by atoms with Crippen LogP contribution in [0, 0.1) is 0 Å². The molecule has 29 heavy (non-hydrogen) atoms. The number of carbonyl (C=O) groups is 3. The van der Waals surface area contributed by atoms with E-state index in [0.717, 1.165) is 16.7 Å². The predicted molar refractivity (Wildman–Crippen MR) is 116 cm³/mol. The van der Waals surface area contributed by atoms with Gasteiger partial charge in [-0.2, -0.15) is 0 Å². The molecule has 0 unspecified atom stereocenters. The van der Waals surface area contributed by atoms with Crippen molar-refractivity contribution in [3.05, 3.63) is 95.6 Å². The van der Waals surface area contributed by atoms with Crippen molar-refractivity contribution >= 4 is 34.4 Å². The van der Waals surface area contributed by atoms with Crippen LogP contribution in [0.2, 0.25) is 0 Å². The molecule has 0 spiro atoms. The van der Waals surface area contributed by atoms with Crippen LogP contribution in [0.1, 0.15) is 26.3 Å². The number of benzene rings is 3. The van der Waals surface area contributed by atoms with Crippen molar-refractivity contribution in [2.24, 2.45) is 0 Å². The maximum absolute atomic E-state index is 12.8. The molecule has 2 amide bonds. The van der Waals surface area contributed by atoms with Gasteiger partial charge in [-0.05, 0) is 42.1 Å². The van der Waals surface area contributed by atoms with Gasteiger partial charge < -0.3 is 10.2 Å². The molecule has 3 aromatic rings. The van der Waals surface area contributed by atoms with Crippen molar-refractivity contribution < 1.29 is 14.4 Å². The van der Waals surface area contributed by atoms with Gasteiger partial charge in [-0.15, -0.1) is 0 Å². The molecule has 1 N–H and O–H groups in total. The van der Waals surface area contributed by atoms with Gasteiger partial charge in [0.05, 0.1) is 5.56 Å². The van der Waals surface area contributed by atoms with E-state index in [2.05, 4.69) is 5.32 Å². The van der Waals surface area contributed by atoms with Crippen LogP contribution in [0.4, 0.5) is 10.5 Å². The van der Waals surface area contributed by atoms with Crippen molar-refractivity contribution in [2.75, 3.05) is 19.4 Å².